The van der Waals surface area contributed by atoms with Crippen LogP contribution in [0.2, 0.25) is 0 Å². The van der Waals surface area contributed by atoms with Gasteiger partial charge in [0.2, 0.25) is 11.8 Å². The lowest BCUT2D eigenvalue weighted by Gasteiger charge is -2.10. The maximum Gasteiger partial charge on any atom is 0.231 e. The Morgan fingerprint density at radius 1 is 1.53 bits per heavy atom. The molecule has 0 unspecified atom stereocenters. The summed E-state index contributed by atoms with van der Waals surface area (Å²) in [6, 6.07) is 0. The maximum atomic E-state index is 7.68. The zero-order valence-corrected chi connectivity index (χ0v) is 11.2. The minimum Gasteiger partial charge on any atom is -0.477 e. The van der Waals surface area contributed by atoms with Crippen LogP contribution in [0.1, 0.15) is 6.92 Å². The van der Waals surface area contributed by atoms with Crippen LogP contribution in [-0.2, 0) is 4.74 Å². The van der Waals surface area contributed by atoms with Gasteiger partial charge in [0, 0.05) is 25.6 Å². The lowest BCUT2D eigenvalue weighted by atomic mass is 10.4. The zero-order valence-electron chi connectivity index (χ0n) is 9.62. The molecule has 1 aromatic rings. The van der Waals surface area contributed by atoms with E-state index in [2.05, 4.69) is 36.5 Å². The number of hydrogen-bond acceptors (Lipinski definition) is 6. The summed E-state index contributed by atoms with van der Waals surface area (Å²) in [7, 11) is 1.74. The van der Waals surface area contributed by atoms with Crippen molar-refractivity contribution in [3.05, 3.63) is 28.8 Å². The highest BCUT2D eigenvalue weighted by Crippen LogP contribution is 2.09. The third-order valence-corrected chi connectivity index (χ3v) is 2.10. The van der Waals surface area contributed by atoms with E-state index in [4.69, 9.17) is 10.1 Å². The number of nitrogens with one attached hydrogen (secondary N) is 3. The van der Waals surface area contributed by atoms with E-state index in [9.17, 15) is 0 Å². The maximum absolute atomic E-state index is 7.68. The SMILES string of the molecule is CCOC(=N)/C(=C\NC)Nc1ncc(Br)cn1. The molecule has 0 radical (unpaired) electrons. The van der Waals surface area contributed by atoms with Crippen LogP contribution < -0.4 is 10.6 Å². The number of aromatic nitrogens is 2. The summed E-state index contributed by atoms with van der Waals surface area (Å²) < 4.78 is 5.89. The van der Waals surface area contributed by atoms with E-state index in [0.717, 1.165) is 4.47 Å². The molecule has 0 bridgehead atoms. The molecule has 0 aromatic carbocycles. The van der Waals surface area contributed by atoms with Gasteiger partial charge in [-0.15, -0.1) is 0 Å². The second-order valence-electron chi connectivity index (χ2n) is 2.96. The van der Waals surface area contributed by atoms with Crippen molar-refractivity contribution in [2.45, 2.75) is 6.92 Å². The molecule has 92 valence electrons. The first-order valence-corrected chi connectivity index (χ1v) is 5.80. The summed E-state index contributed by atoms with van der Waals surface area (Å²) in [5.41, 5.74) is 0.469. The van der Waals surface area contributed by atoms with E-state index >= 15 is 0 Å². The summed E-state index contributed by atoms with van der Waals surface area (Å²) in [5, 5.41) is 13.4. The Kier molecular flexibility index (Phi) is 5.41. The molecule has 0 fully saturated rings. The van der Waals surface area contributed by atoms with Crippen molar-refractivity contribution in [1.82, 2.24) is 15.3 Å². The third kappa shape index (κ3) is 4.39. The van der Waals surface area contributed by atoms with E-state index < -0.39 is 0 Å². The van der Waals surface area contributed by atoms with Gasteiger partial charge in [0.15, 0.2) is 0 Å². The first-order valence-electron chi connectivity index (χ1n) is 5.01. The fourth-order valence-corrected chi connectivity index (χ4v) is 1.23. The molecule has 0 aliphatic heterocycles. The van der Waals surface area contributed by atoms with Gasteiger partial charge in [-0.3, -0.25) is 5.41 Å². The molecule has 0 aliphatic carbocycles. The summed E-state index contributed by atoms with van der Waals surface area (Å²) in [6.45, 7) is 2.25. The van der Waals surface area contributed by atoms with Crippen LogP contribution in [0.5, 0.6) is 0 Å². The molecular weight excluding hydrogens is 286 g/mol. The van der Waals surface area contributed by atoms with Gasteiger partial charge in [-0.05, 0) is 22.9 Å². The summed E-state index contributed by atoms with van der Waals surface area (Å²) in [4.78, 5) is 8.11. The average molecular weight is 300 g/mol. The summed E-state index contributed by atoms with van der Waals surface area (Å²) in [6.07, 6.45) is 4.86. The van der Waals surface area contributed by atoms with Crippen LogP contribution in [0.3, 0.4) is 0 Å². The van der Waals surface area contributed by atoms with Crippen molar-refractivity contribution in [1.29, 1.82) is 5.41 Å². The minimum atomic E-state index is 0.0355. The Bertz CT molecular complexity index is 404. The number of hydrogen-bond donors (Lipinski definition) is 3. The minimum absolute atomic E-state index is 0.0355. The molecule has 7 heteroatoms. The van der Waals surface area contributed by atoms with Crippen LogP contribution in [0, 0.1) is 5.41 Å². The van der Waals surface area contributed by atoms with Crippen LogP contribution in [0.15, 0.2) is 28.8 Å². The van der Waals surface area contributed by atoms with E-state index in [1.807, 2.05) is 6.92 Å². The lowest BCUT2D eigenvalue weighted by molar-refractivity contribution is 0.325. The Morgan fingerprint density at radius 2 is 2.18 bits per heavy atom. The van der Waals surface area contributed by atoms with Crippen molar-refractivity contribution in [3.8, 4) is 0 Å². The molecule has 17 heavy (non-hydrogen) atoms. The number of halogens is 1. The predicted octanol–water partition coefficient (Wildman–Crippen LogP) is 1.73. The summed E-state index contributed by atoms with van der Waals surface area (Å²) in [5.74, 6) is 0.438. The van der Waals surface area contributed by atoms with Gasteiger partial charge < -0.3 is 15.4 Å². The monoisotopic (exact) mass is 299 g/mol. The molecule has 0 saturated heterocycles. The molecule has 1 heterocycles. The second kappa shape index (κ2) is 6.85. The molecule has 6 nitrogen and oxygen atoms in total. The first kappa shape index (κ1) is 13.4. The van der Waals surface area contributed by atoms with Gasteiger partial charge in [-0.1, -0.05) is 0 Å². The van der Waals surface area contributed by atoms with Crippen molar-refractivity contribution in [2.75, 3.05) is 19.0 Å². The number of rotatable bonds is 5. The van der Waals surface area contributed by atoms with Gasteiger partial charge in [0.1, 0.15) is 5.70 Å². The van der Waals surface area contributed by atoms with Crippen LogP contribution in [-0.4, -0.2) is 29.5 Å². The fourth-order valence-electron chi connectivity index (χ4n) is 1.02. The van der Waals surface area contributed by atoms with Gasteiger partial charge in [0.25, 0.3) is 0 Å². The molecular formula is C10H14BrN5O. The van der Waals surface area contributed by atoms with E-state index in [1.165, 1.54) is 0 Å². The van der Waals surface area contributed by atoms with Gasteiger partial charge in [0.05, 0.1) is 11.1 Å². The van der Waals surface area contributed by atoms with Gasteiger partial charge in [-0.2, -0.15) is 0 Å². The van der Waals surface area contributed by atoms with Crippen molar-refractivity contribution >= 4 is 27.8 Å². The molecule has 0 atom stereocenters. The molecule has 0 aliphatic rings. The van der Waals surface area contributed by atoms with E-state index in [1.54, 1.807) is 25.6 Å². The largest absolute Gasteiger partial charge is 0.477 e. The molecule has 1 rings (SSSR count). The quantitative estimate of drug-likeness (QED) is 0.570. The Labute approximate surface area is 108 Å². The first-order chi connectivity index (χ1) is 8.17. The number of nitrogens with zero attached hydrogens (tertiary/aromatic N) is 2. The van der Waals surface area contributed by atoms with Crippen LogP contribution >= 0.6 is 15.9 Å². The molecule has 1 aromatic heterocycles. The highest BCUT2D eigenvalue weighted by atomic mass is 79.9. The molecule has 3 N–H and O–H groups in total. The van der Waals surface area contributed by atoms with Crippen molar-refractivity contribution in [2.24, 2.45) is 0 Å². The van der Waals surface area contributed by atoms with E-state index in [0.29, 0.717) is 18.3 Å². The topological polar surface area (TPSA) is 82.9 Å². The smallest absolute Gasteiger partial charge is 0.231 e. The normalized spacial score (nSPS) is 10.9. The Morgan fingerprint density at radius 3 is 2.71 bits per heavy atom. The van der Waals surface area contributed by atoms with Crippen LogP contribution in [0.25, 0.3) is 0 Å². The van der Waals surface area contributed by atoms with E-state index in [-0.39, 0.29) is 5.90 Å². The van der Waals surface area contributed by atoms with Crippen molar-refractivity contribution in [3.63, 3.8) is 0 Å². The number of ether oxygens (including phenoxy) is 1. The second-order valence-corrected chi connectivity index (χ2v) is 3.87. The fraction of sp³-hybridized carbons (Fsp3) is 0.300. The Hall–Kier alpha value is -1.63. The predicted molar refractivity (Wildman–Crippen MR) is 69.9 cm³/mol. The molecule has 0 spiro atoms. The average Bonchev–Trinajstić information content (AvgIpc) is 2.31. The number of anilines is 1. The Balaban J connectivity index is 2.77. The summed E-state index contributed by atoms with van der Waals surface area (Å²) >= 11 is 3.25. The molecule has 0 amide bonds. The van der Waals surface area contributed by atoms with Gasteiger partial charge >= 0.3 is 0 Å². The lowest BCUT2D eigenvalue weighted by Crippen LogP contribution is -2.17. The van der Waals surface area contributed by atoms with Crippen LogP contribution in [0.4, 0.5) is 5.95 Å². The molecule has 0 saturated carbocycles. The highest BCUT2D eigenvalue weighted by molar-refractivity contribution is 9.10. The van der Waals surface area contributed by atoms with Gasteiger partial charge in [-0.25, -0.2) is 9.97 Å². The standard InChI is InChI=1S/C10H14BrN5O/c1-3-17-9(12)8(6-13-2)16-10-14-4-7(11)5-15-10/h4-6,12-13H,3H2,1-2H3,(H,14,15,16)/b8-6+,12-9?. The third-order valence-electron chi connectivity index (χ3n) is 1.69. The zero-order chi connectivity index (χ0) is 12.7. The highest BCUT2D eigenvalue weighted by Gasteiger charge is 2.07. The van der Waals surface area contributed by atoms with Crippen molar-refractivity contribution < 1.29 is 4.74 Å².